The fourth-order valence-corrected chi connectivity index (χ4v) is 1.99. The summed E-state index contributed by atoms with van der Waals surface area (Å²) in [6, 6.07) is 6.89. The summed E-state index contributed by atoms with van der Waals surface area (Å²) in [4.78, 5) is 2.39. The first-order valence-corrected chi connectivity index (χ1v) is 6.22. The Morgan fingerprint density at radius 1 is 1.38 bits per heavy atom. The van der Waals surface area contributed by atoms with E-state index < -0.39 is 0 Å². The molecule has 0 radical (unpaired) electrons. The second-order valence-electron chi connectivity index (χ2n) is 3.92. The second-order valence-corrected chi connectivity index (χ2v) is 3.92. The molecule has 0 saturated carbocycles. The molecule has 90 valence electrons. The minimum atomic E-state index is 0.482. The number of rotatable bonds is 1. The van der Waals surface area contributed by atoms with Gasteiger partial charge in [-0.05, 0) is 38.5 Å². The molecule has 0 aliphatic carbocycles. The van der Waals surface area contributed by atoms with Gasteiger partial charge < -0.3 is 9.64 Å². The summed E-state index contributed by atoms with van der Waals surface area (Å²) in [7, 11) is 0. The maximum absolute atomic E-state index is 5.71. The van der Waals surface area contributed by atoms with Crippen molar-refractivity contribution in [3.05, 3.63) is 23.8 Å². The summed E-state index contributed by atoms with van der Waals surface area (Å²) >= 11 is 0. The van der Waals surface area contributed by atoms with Gasteiger partial charge in [0.1, 0.15) is 12.4 Å². The first-order valence-electron chi connectivity index (χ1n) is 6.22. The summed E-state index contributed by atoms with van der Waals surface area (Å²) in [5, 5.41) is 0. The minimum Gasteiger partial charge on any atom is -0.489 e. The van der Waals surface area contributed by atoms with Crippen LogP contribution in [0.25, 0.3) is 0 Å². The highest BCUT2D eigenvalue weighted by Crippen LogP contribution is 2.34. The molecule has 0 amide bonds. The number of ether oxygens (including phenoxy) is 1. The molecule has 1 unspecified atom stereocenters. The van der Waals surface area contributed by atoms with Gasteiger partial charge in [0.25, 0.3) is 0 Å². The molecule has 0 fully saturated rings. The van der Waals surface area contributed by atoms with Gasteiger partial charge in [-0.3, -0.25) is 0 Å². The van der Waals surface area contributed by atoms with Crippen LogP contribution in [0.15, 0.2) is 18.2 Å². The van der Waals surface area contributed by atoms with Crippen molar-refractivity contribution in [2.45, 2.75) is 40.7 Å². The fraction of sp³-hybridized carbons (Fsp3) is 0.571. The molecular formula is C14H23NO. The highest BCUT2D eigenvalue weighted by molar-refractivity contribution is 5.61. The van der Waals surface area contributed by atoms with Gasteiger partial charge in [0.05, 0.1) is 11.7 Å². The number of hydrogen-bond acceptors (Lipinski definition) is 2. The summed E-state index contributed by atoms with van der Waals surface area (Å²) in [5.41, 5.74) is 2.49. The summed E-state index contributed by atoms with van der Waals surface area (Å²) in [6.07, 6.45) is 0. The van der Waals surface area contributed by atoms with Crippen molar-refractivity contribution in [3.63, 3.8) is 0 Å². The molecule has 0 saturated heterocycles. The van der Waals surface area contributed by atoms with E-state index in [0.29, 0.717) is 6.04 Å². The predicted octanol–water partition coefficient (Wildman–Crippen LogP) is 3.63. The van der Waals surface area contributed by atoms with Gasteiger partial charge in [-0.25, -0.2) is 0 Å². The van der Waals surface area contributed by atoms with E-state index >= 15 is 0 Å². The van der Waals surface area contributed by atoms with Crippen molar-refractivity contribution in [3.8, 4) is 5.75 Å². The predicted molar refractivity (Wildman–Crippen MR) is 70.5 cm³/mol. The van der Waals surface area contributed by atoms with E-state index in [4.69, 9.17) is 4.74 Å². The molecule has 2 heteroatoms. The van der Waals surface area contributed by atoms with Crippen LogP contribution in [0.5, 0.6) is 5.75 Å². The standard InChI is InChI=1S/C12H17NO.C2H6/c1-4-13-10(3)8-14-12-7-9(2)5-6-11(12)13;1-2/h5-7,10H,4,8H2,1-3H3;1-2H3. The average molecular weight is 221 g/mol. The zero-order valence-electron chi connectivity index (χ0n) is 11.1. The van der Waals surface area contributed by atoms with Crippen LogP contribution in [-0.4, -0.2) is 19.2 Å². The van der Waals surface area contributed by atoms with Crippen LogP contribution < -0.4 is 9.64 Å². The Labute approximate surface area is 99.2 Å². The lowest BCUT2D eigenvalue weighted by Gasteiger charge is -2.36. The molecule has 0 spiro atoms. The average Bonchev–Trinajstić information content (AvgIpc) is 2.32. The Bertz CT molecular complexity index is 336. The highest BCUT2D eigenvalue weighted by atomic mass is 16.5. The van der Waals surface area contributed by atoms with Crippen molar-refractivity contribution < 1.29 is 4.74 Å². The molecule has 1 aromatic rings. The third kappa shape index (κ3) is 2.49. The van der Waals surface area contributed by atoms with Crippen molar-refractivity contribution in [1.82, 2.24) is 0 Å². The Kier molecular flexibility index (Phi) is 4.66. The van der Waals surface area contributed by atoms with Gasteiger partial charge in [-0.2, -0.15) is 0 Å². The minimum absolute atomic E-state index is 0.482. The first-order chi connectivity index (χ1) is 7.72. The monoisotopic (exact) mass is 221 g/mol. The molecule has 1 aliphatic heterocycles. The maximum atomic E-state index is 5.71. The van der Waals surface area contributed by atoms with E-state index in [9.17, 15) is 0 Å². The molecule has 0 N–H and O–H groups in total. The third-order valence-electron chi connectivity index (χ3n) is 2.78. The number of hydrogen-bond donors (Lipinski definition) is 0. The van der Waals surface area contributed by atoms with Crippen LogP contribution in [0.4, 0.5) is 5.69 Å². The van der Waals surface area contributed by atoms with Crippen LogP contribution in [0.1, 0.15) is 33.3 Å². The van der Waals surface area contributed by atoms with Gasteiger partial charge in [-0.1, -0.05) is 19.9 Å². The Balaban J connectivity index is 0.000000606. The normalized spacial score (nSPS) is 18.1. The summed E-state index contributed by atoms with van der Waals surface area (Å²) in [5.74, 6) is 1.03. The van der Waals surface area contributed by atoms with Gasteiger partial charge in [-0.15, -0.1) is 0 Å². The van der Waals surface area contributed by atoms with E-state index in [1.807, 2.05) is 13.8 Å². The molecule has 1 heterocycles. The van der Waals surface area contributed by atoms with Crippen molar-refractivity contribution >= 4 is 5.69 Å². The summed E-state index contributed by atoms with van der Waals surface area (Å²) in [6.45, 7) is 12.3. The first kappa shape index (κ1) is 12.9. The number of nitrogens with zero attached hydrogens (tertiary/aromatic N) is 1. The molecule has 16 heavy (non-hydrogen) atoms. The topological polar surface area (TPSA) is 12.5 Å². The maximum Gasteiger partial charge on any atom is 0.142 e. The lowest BCUT2D eigenvalue weighted by molar-refractivity contribution is 0.271. The van der Waals surface area contributed by atoms with E-state index in [2.05, 4.69) is 43.9 Å². The zero-order valence-corrected chi connectivity index (χ0v) is 11.1. The SMILES string of the molecule is CC.CCN1c2ccc(C)cc2OCC1C. The van der Waals surface area contributed by atoms with Crippen LogP contribution in [0.3, 0.4) is 0 Å². The number of likely N-dealkylation sites (N-methyl/N-ethyl adjacent to an activating group) is 1. The fourth-order valence-electron chi connectivity index (χ4n) is 1.99. The Morgan fingerprint density at radius 3 is 2.69 bits per heavy atom. The smallest absolute Gasteiger partial charge is 0.142 e. The van der Waals surface area contributed by atoms with E-state index in [1.54, 1.807) is 0 Å². The molecule has 1 aromatic carbocycles. The molecule has 0 aromatic heterocycles. The van der Waals surface area contributed by atoms with Gasteiger partial charge in [0.15, 0.2) is 0 Å². The van der Waals surface area contributed by atoms with E-state index in [-0.39, 0.29) is 0 Å². The van der Waals surface area contributed by atoms with E-state index in [0.717, 1.165) is 18.9 Å². The van der Waals surface area contributed by atoms with E-state index in [1.165, 1.54) is 11.3 Å². The van der Waals surface area contributed by atoms with Crippen LogP contribution in [0, 0.1) is 6.92 Å². The lowest BCUT2D eigenvalue weighted by Crippen LogP contribution is -2.40. The van der Waals surface area contributed by atoms with Crippen LogP contribution in [-0.2, 0) is 0 Å². The lowest BCUT2D eigenvalue weighted by atomic mass is 10.1. The van der Waals surface area contributed by atoms with Crippen molar-refractivity contribution in [2.75, 3.05) is 18.1 Å². The highest BCUT2D eigenvalue weighted by Gasteiger charge is 2.22. The molecule has 1 atom stereocenters. The zero-order chi connectivity index (χ0) is 12.1. The van der Waals surface area contributed by atoms with Gasteiger partial charge >= 0.3 is 0 Å². The number of aryl methyl sites for hydroxylation is 1. The molecule has 1 aliphatic rings. The number of anilines is 1. The molecule has 2 rings (SSSR count). The summed E-state index contributed by atoms with van der Waals surface area (Å²) < 4.78 is 5.71. The molecule has 0 bridgehead atoms. The Hall–Kier alpha value is -1.18. The van der Waals surface area contributed by atoms with Crippen molar-refractivity contribution in [1.29, 1.82) is 0 Å². The van der Waals surface area contributed by atoms with Crippen molar-refractivity contribution in [2.24, 2.45) is 0 Å². The molecule has 2 nitrogen and oxygen atoms in total. The molecular weight excluding hydrogens is 198 g/mol. The number of fused-ring (bicyclic) bond motifs is 1. The number of benzene rings is 1. The third-order valence-corrected chi connectivity index (χ3v) is 2.78. The van der Waals surface area contributed by atoms with Crippen LogP contribution in [0.2, 0.25) is 0 Å². The second kappa shape index (κ2) is 5.78. The van der Waals surface area contributed by atoms with Crippen LogP contribution >= 0.6 is 0 Å². The van der Waals surface area contributed by atoms with Gasteiger partial charge in [0, 0.05) is 6.54 Å². The quantitative estimate of drug-likeness (QED) is 0.718. The van der Waals surface area contributed by atoms with Gasteiger partial charge in [0.2, 0.25) is 0 Å². The Morgan fingerprint density at radius 2 is 2.06 bits per heavy atom. The largest absolute Gasteiger partial charge is 0.489 e.